The highest BCUT2D eigenvalue weighted by molar-refractivity contribution is 6.06. The van der Waals surface area contributed by atoms with Gasteiger partial charge in [0, 0.05) is 11.9 Å². The summed E-state index contributed by atoms with van der Waals surface area (Å²) in [5.41, 5.74) is 2.15. The summed E-state index contributed by atoms with van der Waals surface area (Å²) in [6, 6.07) is 4.70. The first kappa shape index (κ1) is 12.9. The number of benzene rings is 1. The van der Waals surface area contributed by atoms with Crippen molar-refractivity contribution in [1.82, 2.24) is 4.98 Å². The SMILES string of the molecule is Cc1cc(NC(=O)c2ccncc2O)c(C)cc1O. The van der Waals surface area contributed by atoms with Crippen molar-refractivity contribution in [2.75, 3.05) is 5.32 Å². The molecule has 1 aromatic carbocycles. The number of aryl methyl sites for hydroxylation is 2. The first-order chi connectivity index (χ1) is 8.99. The Labute approximate surface area is 110 Å². The number of aromatic hydroxyl groups is 2. The monoisotopic (exact) mass is 258 g/mol. The molecule has 0 radical (unpaired) electrons. The summed E-state index contributed by atoms with van der Waals surface area (Å²) < 4.78 is 0. The Morgan fingerprint density at radius 1 is 1.16 bits per heavy atom. The number of nitrogens with one attached hydrogen (secondary N) is 1. The fourth-order valence-electron chi connectivity index (χ4n) is 1.70. The van der Waals surface area contributed by atoms with E-state index in [1.54, 1.807) is 26.0 Å². The minimum atomic E-state index is -0.423. The highest BCUT2D eigenvalue weighted by atomic mass is 16.3. The van der Waals surface area contributed by atoms with Crippen LogP contribution < -0.4 is 5.32 Å². The number of anilines is 1. The Bertz CT molecular complexity index is 639. The molecule has 3 N–H and O–H groups in total. The summed E-state index contributed by atoms with van der Waals surface area (Å²) in [6.45, 7) is 3.52. The lowest BCUT2D eigenvalue weighted by Crippen LogP contribution is -2.13. The number of phenols is 1. The lowest BCUT2D eigenvalue weighted by Gasteiger charge is -2.11. The second-order valence-electron chi connectivity index (χ2n) is 4.30. The molecule has 0 saturated carbocycles. The maximum absolute atomic E-state index is 12.0. The van der Waals surface area contributed by atoms with Crippen molar-refractivity contribution in [1.29, 1.82) is 0 Å². The van der Waals surface area contributed by atoms with E-state index in [1.165, 1.54) is 18.5 Å². The first-order valence-corrected chi connectivity index (χ1v) is 5.73. The third kappa shape index (κ3) is 2.65. The Morgan fingerprint density at radius 3 is 2.58 bits per heavy atom. The number of pyridine rings is 1. The van der Waals surface area contributed by atoms with Crippen LogP contribution in [0.1, 0.15) is 21.5 Å². The van der Waals surface area contributed by atoms with Gasteiger partial charge in [0.1, 0.15) is 11.5 Å². The molecule has 5 heteroatoms. The minimum Gasteiger partial charge on any atom is -0.508 e. The number of phenolic OH excluding ortho intramolecular Hbond substituents is 1. The first-order valence-electron chi connectivity index (χ1n) is 5.73. The topological polar surface area (TPSA) is 82.5 Å². The smallest absolute Gasteiger partial charge is 0.259 e. The van der Waals surface area contributed by atoms with E-state index in [-0.39, 0.29) is 17.1 Å². The van der Waals surface area contributed by atoms with Crippen molar-refractivity contribution in [3.8, 4) is 11.5 Å². The molecule has 0 bridgehead atoms. The molecule has 1 aromatic heterocycles. The van der Waals surface area contributed by atoms with E-state index in [1.807, 2.05) is 0 Å². The number of amides is 1. The summed E-state index contributed by atoms with van der Waals surface area (Å²) in [6.07, 6.45) is 2.65. The lowest BCUT2D eigenvalue weighted by molar-refractivity contribution is 0.102. The molecule has 5 nitrogen and oxygen atoms in total. The van der Waals surface area contributed by atoms with Gasteiger partial charge in [-0.25, -0.2) is 0 Å². The van der Waals surface area contributed by atoms with E-state index in [0.29, 0.717) is 11.3 Å². The van der Waals surface area contributed by atoms with Crippen LogP contribution >= 0.6 is 0 Å². The van der Waals surface area contributed by atoms with E-state index >= 15 is 0 Å². The van der Waals surface area contributed by atoms with Gasteiger partial charge in [-0.05, 0) is 43.2 Å². The maximum atomic E-state index is 12.0. The molecule has 0 atom stereocenters. The summed E-state index contributed by atoms with van der Waals surface area (Å²) in [7, 11) is 0. The Morgan fingerprint density at radius 2 is 1.89 bits per heavy atom. The van der Waals surface area contributed by atoms with Gasteiger partial charge in [-0.2, -0.15) is 0 Å². The standard InChI is InChI=1S/C14H14N2O3/c1-8-6-12(17)9(2)5-11(8)16-14(19)10-3-4-15-7-13(10)18/h3-7,17-18H,1-2H3,(H,16,19). The predicted molar refractivity (Wildman–Crippen MR) is 71.4 cm³/mol. The molecule has 0 saturated heterocycles. The second kappa shape index (κ2) is 4.97. The van der Waals surface area contributed by atoms with Gasteiger partial charge in [-0.1, -0.05) is 0 Å². The average molecular weight is 258 g/mol. The predicted octanol–water partition coefficient (Wildman–Crippen LogP) is 2.36. The summed E-state index contributed by atoms with van der Waals surface area (Å²) in [4.78, 5) is 15.7. The summed E-state index contributed by atoms with van der Waals surface area (Å²) in [5, 5.41) is 21.8. The number of hydrogen-bond acceptors (Lipinski definition) is 4. The maximum Gasteiger partial charge on any atom is 0.259 e. The number of rotatable bonds is 2. The fraction of sp³-hybridized carbons (Fsp3) is 0.143. The van der Waals surface area contributed by atoms with Crippen LogP contribution in [0, 0.1) is 13.8 Å². The van der Waals surface area contributed by atoms with E-state index < -0.39 is 5.91 Å². The summed E-state index contributed by atoms with van der Waals surface area (Å²) >= 11 is 0. The lowest BCUT2D eigenvalue weighted by atomic mass is 10.1. The van der Waals surface area contributed by atoms with Crippen LogP contribution in [-0.2, 0) is 0 Å². The fourth-order valence-corrected chi connectivity index (χ4v) is 1.70. The van der Waals surface area contributed by atoms with Crippen molar-refractivity contribution >= 4 is 11.6 Å². The molecule has 0 unspecified atom stereocenters. The van der Waals surface area contributed by atoms with E-state index in [0.717, 1.165) is 5.56 Å². The van der Waals surface area contributed by atoms with Gasteiger partial charge in [0.2, 0.25) is 0 Å². The Balaban J connectivity index is 2.30. The minimum absolute atomic E-state index is 0.153. The zero-order valence-corrected chi connectivity index (χ0v) is 10.6. The highest BCUT2D eigenvalue weighted by Gasteiger charge is 2.12. The zero-order valence-electron chi connectivity index (χ0n) is 10.6. The molecule has 19 heavy (non-hydrogen) atoms. The molecule has 1 heterocycles. The van der Waals surface area contributed by atoms with E-state index in [9.17, 15) is 15.0 Å². The molecule has 1 amide bonds. The number of carbonyl (C=O) groups excluding carboxylic acids is 1. The van der Waals surface area contributed by atoms with Gasteiger partial charge in [0.05, 0.1) is 11.8 Å². The molecular formula is C14H14N2O3. The Hall–Kier alpha value is -2.56. The highest BCUT2D eigenvalue weighted by Crippen LogP contribution is 2.26. The van der Waals surface area contributed by atoms with Crippen LogP contribution in [0.25, 0.3) is 0 Å². The largest absolute Gasteiger partial charge is 0.508 e. The van der Waals surface area contributed by atoms with Crippen LogP contribution in [0.2, 0.25) is 0 Å². The van der Waals surface area contributed by atoms with Gasteiger partial charge in [-0.3, -0.25) is 9.78 Å². The molecule has 0 aliphatic rings. The molecule has 0 aliphatic heterocycles. The average Bonchev–Trinajstić information content (AvgIpc) is 2.36. The normalized spacial score (nSPS) is 10.2. The van der Waals surface area contributed by atoms with Crippen LogP contribution in [-0.4, -0.2) is 21.1 Å². The van der Waals surface area contributed by atoms with Crippen molar-refractivity contribution in [2.45, 2.75) is 13.8 Å². The van der Waals surface area contributed by atoms with Gasteiger partial charge in [0.15, 0.2) is 0 Å². The number of aromatic nitrogens is 1. The van der Waals surface area contributed by atoms with Crippen molar-refractivity contribution in [3.05, 3.63) is 47.3 Å². The van der Waals surface area contributed by atoms with Gasteiger partial charge >= 0.3 is 0 Å². The van der Waals surface area contributed by atoms with Crippen LogP contribution in [0.15, 0.2) is 30.6 Å². The molecule has 0 aliphatic carbocycles. The van der Waals surface area contributed by atoms with Crippen LogP contribution in [0.5, 0.6) is 11.5 Å². The molecule has 2 rings (SSSR count). The van der Waals surface area contributed by atoms with Crippen molar-refractivity contribution < 1.29 is 15.0 Å². The molecular weight excluding hydrogens is 244 g/mol. The van der Waals surface area contributed by atoms with Gasteiger partial charge in [-0.15, -0.1) is 0 Å². The molecule has 0 fully saturated rings. The molecule has 0 spiro atoms. The van der Waals surface area contributed by atoms with Gasteiger partial charge in [0.25, 0.3) is 5.91 Å². The number of carbonyl (C=O) groups is 1. The third-order valence-electron chi connectivity index (χ3n) is 2.84. The second-order valence-corrected chi connectivity index (χ2v) is 4.30. The number of hydrogen-bond donors (Lipinski definition) is 3. The van der Waals surface area contributed by atoms with E-state index in [2.05, 4.69) is 10.3 Å². The quantitative estimate of drug-likeness (QED) is 0.722. The molecule has 98 valence electrons. The molecule has 2 aromatic rings. The van der Waals surface area contributed by atoms with Crippen LogP contribution in [0.4, 0.5) is 5.69 Å². The van der Waals surface area contributed by atoms with Crippen molar-refractivity contribution in [2.24, 2.45) is 0 Å². The Kier molecular flexibility index (Phi) is 3.37. The zero-order chi connectivity index (χ0) is 14.0. The third-order valence-corrected chi connectivity index (χ3v) is 2.84. The van der Waals surface area contributed by atoms with E-state index in [4.69, 9.17) is 0 Å². The summed E-state index contributed by atoms with van der Waals surface area (Å²) in [5.74, 6) is -0.413. The van der Waals surface area contributed by atoms with Gasteiger partial charge < -0.3 is 15.5 Å². The number of nitrogens with zero attached hydrogens (tertiary/aromatic N) is 1. The van der Waals surface area contributed by atoms with Crippen LogP contribution in [0.3, 0.4) is 0 Å². The van der Waals surface area contributed by atoms with Crippen molar-refractivity contribution in [3.63, 3.8) is 0 Å².